The molecule has 0 saturated heterocycles. The van der Waals surface area contributed by atoms with Crippen molar-refractivity contribution in [2.24, 2.45) is 10.2 Å². The van der Waals surface area contributed by atoms with Gasteiger partial charge in [0.1, 0.15) is 5.65 Å². The normalized spacial score (nSPS) is 12.1. The van der Waals surface area contributed by atoms with Crippen molar-refractivity contribution in [2.45, 2.75) is 6.18 Å². The summed E-state index contributed by atoms with van der Waals surface area (Å²) in [6.07, 6.45) is -2.96. The van der Waals surface area contributed by atoms with Crippen LogP contribution in [-0.4, -0.2) is 20.5 Å². The summed E-state index contributed by atoms with van der Waals surface area (Å²) in [7, 11) is 0. The fourth-order valence-electron chi connectivity index (χ4n) is 2.07. The summed E-state index contributed by atoms with van der Waals surface area (Å²) in [4.78, 5) is 15.2. The molecule has 0 unspecified atom stereocenters. The lowest BCUT2D eigenvalue weighted by Gasteiger charge is -2.05. The third kappa shape index (κ3) is 2.96. The van der Waals surface area contributed by atoms with Gasteiger partial charge in [-0.1, -0.05) is 12.1 Å². The number of fused-ring (bicyclic) bond motifs is 1. The Balaban J connectivity index is 2.05. The highest BCUT2D eigenvalue weighted by Crippen LogP contribution is 2.32. The quantitative estimate of drug-likeness (QED) is 0.718. The topological polar surface area (TPSA) is 79.3 Å². The van der Waals surface area contributed by atoms with Gasteiger partial charge in [0, 0.05) is 6.20 Å². The number of hydrogen-bond acceptors (Lipinski definition) is 4. The molecule has 0 radical (unpaired) electrons. The van der Waals surface area contributed by atoms with Crippen LogP contribution in [0.1, 0.15) is 16.1 Å². The first kappa shape index (κ1) is 15.7. The summed E-state index contributed by atoms with van der Waals surface area (Å²) >= 11 is 0. The van der Waals surface area contributed by atoms with Gasteiger partial charge in [0.2, 0.25) is 0 Å². The van der Waals surface area contributed by atoms with Crippen LogP contribution in [-0.2, 0) is 6.18 Å². The summed E-state index contributed by atoms with van der Waals surface area (Å²) in [6, 6.07) is 9.16. The van der Waals surface area contributed by atoms with Crippen LogP contribution in [0.15, 0.2) is 58.9 Å². The van der Waals surface area contributed by atoms with Gasteiger partial charge < -0.3 is 5.11 Å². The summed E-state index contributed by atoms with van der Waals surface area (Å²) in [5.74, 6) is -1.38. The number of azo groups is 1. The van der Waals surface area contributed by atoms with Crippen molar-refractivity contribution in [3.05, 3.63) is 59.9 Å². The smallest absolute Gasteiger partial charge is 0.416 e. The van der Waals surface area contributed by atoms with E-state index in [1.807, 2.05) is 0 Å². The average Bonchev–Trinajstić information content (AvgIpc) is 2.91. The Bertz CT molecular complexity index is 947. The Labute approximate surface area is 132 Å². The van der Waals surface area contributed by atoms with Crippen LogP contribution in [0.5, 0.6) is 0 Å². The number of aromatic carboxylic acids is 1. The Kier molecular flexibility index (Phi) is 3.76. The molecule has 0 bridgehead atoms. The lowest BCUT2D eigenvalue weighted by atomic mass is 10.2. The van der Waals surface area contributed by atoms with E-state index in [1.54, 1.807) is 18.2 Å². The minimum atomic E-state index is -4.50. The van der Waals surface area contributed by atoms with Crippen LogP contribution in [0, 0.1) is 0 Å². The molecule has 6 nitrogen and oxygen atoms in total. The third-order valence-electron chi connectivity index (χ3n) is 3.14. The van der Waals surface area contributed by atoms with Crippen molar-refractivity contribution >= 4 is 23.1 Å². The van der Waals surface area contributed by atoms with Crippen molar-refractivity contribution in [1.29, 1.82) is 0 Å². The second kappa shape index (κ2) is 5.76. The molecule has 1 N–H and O–H groups in total. The van der Waals surface area contributed by atoms with Crippen molar-refractivity contribution in [3.63, 3.8) is 0 Å². The Morgan fingerprint density at radius 3 is 2.62 bits per heavy atom. The van der Waals surface area contributed by atoms with Gasteiger partial charge in [-0.05, 0) is 30.3 Å². The zero-order valence-electron chi connectivity index (χ0n) is 11.9. The number of pyridine rings is 1. The molecule has 0 aliphatic carbocycles. The van der Waals surface area contributed by atoms with Gasteiger partial charge in [-0.15, -0.1) is 10.2 Å². The number of rotatable bonds is 3. The second-order valence-corrected chi connectivity index (χ2v) is 4.77. The van der Waals surface area contributed by atoms with Gasteiger partial charge in [-0.3, -0.25) is 4.40 Å². The number of carbonyl (C=O) groups is 1. The number of nitrogens with zero attached hydrogens (tertiary/aromatic N) is 4. The van der Waals surface area contributed by atoms with Gasteiger partial charge >= 0.3 is 12.1 Å². The first-order valence-corrected chi connectivity index (χ1v) is 6.65. The molecule has 0 aliphatic rings. The number of hydrogen-bond donors (Lipinski definition) is 1. The molecule has 0 aliphatic heterocycles. The molecule has 0 saturated carbocycles. The SMILES string of the molecule is O=C(O)c1nc2ccccn2c1N=Nc1cccc(C(F)(F)F)c1. The maximum Gasteiger partial charge on any atom is 0.416 e. The van der Waals surface area contributed by atoms with Gasteiger partial charge in [0.25, 0.3) is 0 Å². The number of aromatic nitrogens is 2. The molecule has 122 valence electrons. The van der Waals surface area contributed by atoms with Crippen LogP contribution in [0.4, 0.5) is 24.7 Å². The van der Waals surface area contributed by atoms with E-state index >= 15 is 0 Å². The molecule has 24 heavy (non-hydrogen) atoms. The zero-order chi connectivity index (χ0) is 17.3. The summed E-state index contributed by atoms with van der Waals surface area (Å²) in [5, 5.41) is 16.7. The molecule has 2 heterocycles. The average molecular weight is 334 g/mol. The highest BCUT2D eigenvalue weighted by molar-refractivity contribution is 5.91. The summed E-state index contributed by atoms with van der Waals surface area (Å²) in [5.41, 5.74) is -0.910. The minimum Gasteiger partial charge on any atom is -0.476 e. The fraction of sp³-hybridized carbons (Fsp3) is 0.0667. The molecule has 3 aromatic rings. The number of benzene rings is 1. The highest BCUT2D eigenvalue weighted by atomic mass is 19.4. The van der Waals surface area contributed by atoms with E-state index in [1.165, 1.54) is 22.7 Å². The third-order valence-corrected chi connectivity index (χ3v) is 3.14. The molecule has 0 spiro atoms. The van der Waals surface area contributed by atoms with E-state index < -0.39 is 17.7 Å². The van der Waals surface area contributed by atoms with E-state index in [4.69, 9.17) is 0 Å². The zero-order valence-corrected chi connectivity index (χ0v) is 11.9. The van der Waals surface area contributed by atoms with Crippen LogP contribution >= 0.6 is 0 Å². The minimum absolute atomic E-state index is 0.0490. The maximum absolute atomic E-state index is 12.7. The highest BCUT2D eigenvalue weighted by Gasteiger charge is 2.30. The van der Waals surface area contributed by atoms with Crippen LogP contribution < -0.4 is 0 Å². The van der Waals surface area contributed by atoms with Crippen LogP contribution in [0.3, 0.4) is 0 Å². The fourth-order valence-corrected chi connectivity index (χ4v) is 2.07. The Morgan fingerprint density at radius 2 is 1.92 bits per heavy atom. The molecule has 3 rings (SSSR count). The maximum atomic E-state index is 12.7. The van der Waals surface area contributed by atoms with Crippen LogP contribution in [0.25, 0.3) is 5.65 Å². The lowest BCUT2D eigenvalue weighted by Crippen LogP contribution is -2.03. The van der Waals surface area contributed by atoms with E-state index in [0.29, 0.717) is 5.65 Å². The number of carboxylic acid groups (broad SMARTS) is 1. The predicted molar refractivity (Wildman–Crippen MR) is 77.8 cm³/mol. The van der Waals surface area contributed by atoms with E-state index in [9.17, 15) is 23.1 Å². The van der Waals surface area contributed by atoms with Gasteiger partial charge in [-0.2, -0.15) is 13.2 Å². The standard InChI is InChI=1S/C15H9F3N4O2/c16-15(17,18)9-4-3-5-10(8-9)20-21-13-12(14(23)24)19-11-6-1-2-7-22(11)13/h1-8H,(H,23,24). The van der Waals surface area contributed by atoms with Gasteiger partial charge in [0.15, 0.2) is 11.5 Å². The van der Waals surface area contributed by atoms with Crippen molar-refractivity contribution < 1.29 is 23.1 Å². The molecular weight excluding hydrogens is 325 g/mol. The molecule has 2 aromatic heterocycles. The first-order chi connectivity index (χ1) is 11.4. The molecule has 1 aromatic carbocycles. The van der Waals surface area contributed by atoms with Crippen molar-refractivity contribution in [2.75, 3.05) is 0 Å². The second-order valence-electron chi connectivity index (χ2n) is 4.77. The molecule has 9 heteroatoms. The largest absolute Gasteiger partial charge is 0.476 e. The number of imidazole rings is 1. The summed E-state index contributed by atoms with van der Waals surface area (Å²) in [6.45, 7) is 0. The number of carboxylic acids is 1. The number of alkyl halides is 3. The molecule has 0 atom stereocenters. The molecule has 0 amide bonds. The van der Waals surface area contributed by atoms with Crippen LogP contribution in [0.2, 0.25) is 0 Å². The van der Waals surface area contributed by atoms with Crippen molar-refractivity contribution in [3.8, 4) is 0 Å². The number of halogens is 3. The predicted octanol–water partition coefficient (Wildman–Crippen LogP) is 4.47. The Morgan fingerprint density at radius 1 is 1.12 bits per heavy atom. The molecular formula is C15H9F3N4O2. The van der Waals surface area contributed by atoms with E-state index in [-0.39, 0.29) is 17.2 Å². The van der Waals surface area contributed by atoms with Gasteiger partial charge in [0.05, 0.1) is 11.3 Å². The Hall–Kier alpha value is -3.23. The monoisotopic (exact) mass is 334 g/mol. The van der Waals surface area contributed by atoms with E-state index in [0.717, 1.165) is 12.1 Å². The van der Waals surface area contributed by atoms with Crippen molar-refractivity contribution in [1.82, 2.24) is 9.38 Å². The van der Waals surface area contributed by atoms with Gasteiger partial charge in [-0.25, -0.2) is 9.78 Å². The van der Waals surface area contributed by atoms with E-state index in [2.05, 4.69) is 15.2 Å². The lowest BCUT2D eigenvalue weighted by molar-refractivity contribution is -0.137. The summed E-state index contributed by atoms with van der Waals surface area (Å²) < 4.78 is 39.5. The molecule has 0 fully saturated rings. The first-order valence-electron chi connectivity index (χ1n) is 6.65.